The van der Waals surface area contributed by atoms with Gasteiger partial charge in [-0.1, -0.05) is 11.6 Å². The largest absolute Gasteiger partial charge is 0.469 e. The number of methoxy groups -OCH3 is 1. The Labute approximate surface area is 141 Å². The summed E-state index contributed by atoms with van der Waals surface area (Å²) >= 11 is 0. The van der Waals surface area contributed by atoms with Crippen LogP contribution < -0.4 is 16.8 Å². The number of aliphatic imine (C=N–C) groups is 1. The fourth-order valence-corrected chi connectivity index (χ4v) is 2.55. The highest BCUT2D eigenvalue weighted by Gasteiger charge is 2.52. The van der Waals surface area contributed by atoms with Crippen LogP contribution in [0, 0.1) is 11.8 Å². The molecule has 136 valence electrons. The normalized spacial score (nSPS) is 25.7. The van der Waals surface area contributed by atoms with Crippen LogP contribution in [-0.4, -0.2) is 57.5 Å². The van der Waals surface area contributed by atoms with Crippen molar-refractivity contribution < 1.29 is 23.8 Å². The number of ether oxygens (including phenoxy) is 3. The van der Waals surface area contributed by atoms with Gasteiger partial charge in [0.25, 0.3) is 0 Å². The fraction of sp³-hybridized carbons (Fsp3) is 0.667. The maximum Gasteiger partial charge on any atom is 0.313 e. The molecule has 0 spiro atoms. The molecule has 0 saturated carbocycles. The smallest absolute Gasteiger partial charge is 0.313 e. The second-order valence-corrected chi connectivity index (χ2v) is 5.60. The van der Waals surface area contributed by atoms with Crippen LogP contribution in [0.25, 0.3) is 0 Å². The van der Waals surface area contributed by atoms with E-state index in [2.05, 4.69) is 10.3 Å². The highest BCUT2D eigenvalue weighted by molar-refractivity contribution is 5.84. The van der Waals surface area contributed by atoms with Crippen LogP contribution in [0.15, 0.2) is 16.6 Å². The average molecular weight is 342 g/mol. The Bertz CT molecular complexity index is 512. The maximum atomic E-state index is 12.5. The molecule has 9 nitrogen and oxygen atoms in total. The molecule has 0 aromatic heterocycles. The molecule has 1 aliphatic rings. The second-order valence-electron chi connectivity index (χ2n) is 5.60. The molecule has 9 heteroatoms. The third-order valence-corrected chi connectivity index (χ3v) is 3.53. The molecule has 0 radical (unpaired) electrons. The van der Waals surface area contributed by atoms with Crippen molar-refractivity contribution in [1.29, 1.82) is 0 Å². The van der Waals surface area contributed by atoms with Crippen LogP contribution in [0.5, 0.6) is 0 Å². The number of rotatable bonds is 7. The number of nitrogens with one attached hydrogen (secondary N) is 1. The van der Waals surface area contributed by atoms with Gasteiger partial charge in [-0.2, -0.15) is 0 Å². The van der Waals surface area contributed by atoms with Crippen LogP contribution in [0.2, 0.25) is 0 Å². The van der Waals surface area contributed by atoms with Crippen LogP contribution in [0.3, 0.4) is 0 Å². The molecule has 0 aliphatic carbocycles. The number of carbonyl (C=O) groups is 2. The summed E-state index contributed by atoms with van der Waals surface area (Å²) < 4.78 is 15.8. The Kier molecular flexibility index (Phi) is 7.66. The minimum atomic E-state index is -0.816. The number of nitrogens with two attached hydrogens (primary N) is 2. The molecule has 1 heterocycles. The number of hydrogen-bond donors (Lipinski definition) is 3. The molecule has 0 aromatic carbocycles. The number of hydrogen-bond acceptors (Lipinski definition) is 7. The lowest BCUT2D eigenvalue weighted by atomic mass is 9.88. The van der Waals surface area contributed by atoms with Crippen molar-refractivity contribution in [3.63, 3.8) is 0 Å². The van der Waals surface area contributed by atoms with Gasteiger partial charge in [0, 0.05) is 0 Å². The SMILES string of the molecule is CN[C@@H]1O[C@H](C=C(C)C)[C@@H](C(=O)OCCN=C(N)N)[C@H]1C(=O)OC. The van der Waals surface area contributed by atoms with Gasteiger partial charge in [0.1, 0.15) is 24.7 Å². The first-order valence-corrected chi connectivity index (χ1v) is 7.59. The van der Waals surface area contributed by atoms with Crippen LogP contribution in [0.1, 0.15) is 13.8 Å². The quantitative estimate of drug-likeness (QED) is 0.178. The van der Waals surface area contributed by atoms with E-state index in [9.17, 15) is 9.59 Å². The van der Waals surface area contributed by atoms with E-state index in [4.69, 9.17) is 25.7 Å². The van der Waals surface area contributed by atoms with Gasteiger partial charge in [-0.3, -0.25) is 19.9 Å². The van der Waals surface area contributed by atoms with E-state index in [1.54, 1.807) is 13.1 Å². The number of nitrogens with zero attached hydrogens (tertiary/aromatic N) is 1. The first-order chi connectivity index (χ1) is 11.3. The van der Waals surface area contributed by atoms with E-state index in [1.807, 2.05) is 13.8 Å². The summed E-state index contributed by atoms with van der Waals surface area (Å²) in [5, 5.41) is 2.88. The molecule has 0 amide bonds. The molecule has 1 saturated heterocycles. The van der Waals surface area contributed by atoms with Gasteiger partial charge in [0.2, 0.25) is 0 Å². The van der Waals surface area contributed by atoms with Crippen molar-refractivity contribution in [3.8, 4) is 0 Å². The van der Waals surface area contributed by atoms with Gasteiger partial charge in [-0.05, 0) is 20.9 Å². The van der Waals surface area contributed by atoms with E-state index in [1.165, 1.54) is 7.11 Å². The fourth-order valence-electron chi connectivity index (χ4n) is 2.55. The monoisotopic (exact) mass is 342 g/mol. The molecular weight excluding hydrogens is 316 g/mol. The molecule has 5 N–H and O–H groups in total. The average Bonchev–Trinajstić information content (AvgIpc) is 2.87. The highest BCUT2D eigenvalue weighted by Crippen LogP contribution is 2.34. The Hall–Kier alpha value is -2.13. The lowest BCUT2D eigenvalue weighted by Crippen LogP contribution is -2.41. The lowest BCUT2D eigenvalue weighted by Gasteiger charge is -2.19. The summed E-state index contributed by atoms with van der Waals surface area (Å²) in [6, 6.07) is 0. The van der Waals surface area contributed by atoms with Crippen molar-refractivity contribution in [2.24, 2.45) is 28.3 Å². The first kappa shape index (κ1) is 19.9. The van der Waals surface area contributed by atoms with Gasteiger partial charge in [-0.15, -0.1) is 0 Å². The van der Waals surface area contributed by atoms with Crippen molar-refractivity contribution in [1.82, 2.24) is 5.32 Å². The van der Waals surface area contributed by atoms with Crippen molar-refractivity contribution in [2.75, 3.05) is 27.3 Å². The molecular formula is C15H26N4O5. The standard InChI is InChI=1S/C15H26N4O5/c1-8(2)7-9-10(14(21)23-6-5-19-15(16)17)11(13(20)22-4)12(18-3)24-9/h7,9-12,18H,5-6H2,1-4H3,(H4,16,17,19)/t9-,10-,11-,12-/m1/s1. The Morgan fingerprint density at radius 1 is 1.25 bits per heavy atom. The number of esters is 2. The Morgan fingerprint density at radius 2 is 1.92 bits per heavy atom. The topological polar surface area (TPSA) is 138 Å². The molecule has 0 unspecified atom stereocenters. The lowest BCUT2D eigenvalue weighted by molar-refractivity contribution is -0.158. The van der Waals surface area contributed by atoms with Crippen LogP contribution >= 0.6 is 0 Å². The van der Waals surface area contributed by atoms with E-state index in [0.717, 1.165) is 5.57 Å². The summed E-state index contributed by atoms with van der Waals surface area (Å²) in [5.41, 5.74) is 11.4. The van der Waals surface area contributed by atoms with E-state index in [0.29, 0.717) is 0 Å². The van der Waals surface area contributed by atoms with Crippen LogP contribution in [0.4, 0.5) is 0 Å². The van der Waals surface area contributed by atoms with E-state index in [-0.39, 0.29) is 19.1 Å². The molecule has 0 aromatic rings. The molecule has 24 heavy (non-hydrogen) atoms. The predicted octanol–water partition coefficient (Wildman–Crippen LogP) is -0.881. The third kappa shape index (κ3) is 5.20. The molecule has 4 atom stereocenters. The minimum absolute atomic E-state index is 0.00683. The van der Waals surface area contributed by atoms with Crippen molar-refractivity contribution >= 4 is 17.9 Å². The molecule has 1 fully saturated rings. The van der Waals surface area contributed by atoms with Crippen molar-refractivity contribution in [2.45, 2.75) is 26.2 Å². The molecule has 0 bridgehead atoms. The third-order valence-electron chi connectivity index (χ3n) is 3.53. The molecule has 1 rings (SSSR count). The zero-order valence-electron chi connectivity index (χ0n) is 14.4. The summed E-state index contributed by atoms with van der Waals surface area (Å²) in [6.07, 6.45) is 0.551. The summed E-state index contributed by atoms with van der Waals surface area (Å²) in [5.74, 6) is -2.80. The minimum Gasteiger partial charge on any atom is -0.469 e. The second kappa shape index (κ2) is 9.24. The first-order valence-electron chi connectivity index (χ1n) is 7.59. The Morgan fingerprint density at radius 3 is 2.42 bits per heavy atom. The van der Waals surface area contributed by atoms with Gasteiger partial charge < -0.3 is 25.7 Å². The van der Waals surface area contributed by atoms with Gasteiger partial charge >= 0.3 is 11.9 Å². The number of allylic oxidation sites excluding steroid dienone is 1. The summed E-state index contributed by atoms with van der Waals surface area (Å²) in [4.78, 5) is 28.4. The number of carbonyl (C=O) groups excluding carboxylic acids is 2. The van der Waals surface area contributed by atoms with Gasteiger partial charge in [0.15, 0.2) is 5.96 Å². The van der Waals surface area contributed by atoms with E-state index >= 15 is 0 Å². The number of guanidine groups is 1. The Balaban J connectivity index is 2.95. The predicted molar refractivity (Wildman–Crippen MR) is 87.8 cm³/mol. The zero-order chi connectivity index (χ0) is 18.3. The van der Waals surface area contributed by atoms with Crippen LogP contribution in [-0.2, 0) is 23.8 Å². The summed E-state index contributed by atoms with van der Waals surface area (Å²) in [6.45, 7) is 3.91. The van der Waals surface area contributed by atoms with Gasteiger partial charge in [0.05, 0.1) is 19.8 Å². The van der Waals surface area contributed by atoms with Gasteiger partial charge in [-0.25, -0.2) is 0 Å². The maximum absolute atomic E-state index is 12.5. The highest BCUT2D eigenvalue weighted by atomic mass is 16.6. The zero-order valence-corrected chi connectivity index (χ0v) is 14.4. The van der Waals surface area contributed by atoms with E-state index < -0.39 is 36.1 Å². The summed E-state index contributed by atoms with van der Waals surface area (Å²) in [7, 11) is 2.91. The molecule has 1 aliphatic heterocycles. The van der Waals surface area contributed by atoms with Crippen molar-refractivity contribution in [3.05, 3.63) is 11.6 Å².